The predicted octanol–water partition coefficient (Wildman–Crippen LogP) is 0.171. The van der Waals surface area contributed by atoms with Crippen molar-refractivity contribution in [3.05, 3.63) is 18.2 Å². The first kappa shape index (κ1) is 18.9. The topological polar surface area (TPSA) is 87.5 Å². The quantitative estimate of drug-likeness (QED) is 0.768. The van der Waals surface area contributed by atoms with Gasteiger partial charge >= 0.3 is 0 Å². The van der Waals surface area contributed by atoms with E-state index in [2.05, 4.69) is 14.6 Å². The van der Waals surface area contributed by atoms with Crippen LogP contribution in [0.25, 0.3) is 0 Å². The lowest BCUT2D eigenvalue weighted by Crippen LogP contribution is -2.67. The van der Waals surface area contributed by atoms with Crippen molar-refractivity contribution in [2.75, 3.05) is 25.9 Å². The second-order valence-electron chi connectivity index (χ2n) is 8.39. The van der Waals surface area contributed by atoms with Crippen LogP contribution in [0.2, 0.25) is 0 Å². The zero-order chi connectivity index (χ0) is 19.2. The Labute approximate surface area is 161 Å². The van der Waals surface area contributed by atoms with Crippen molar-refractivity contribution >= 4 is 15.9 Å². The van der Waals surface area contributed by atoms with E-state index in [1.54, 1.807) is 0 Å². The molecule has 0 saturated carbocycles. The molecule has 27 heavy (non-hydrogen) atoms. The molecule has 1 aromatic rings. The van der Waals surface area contributed by atoms with Crippen LogP contribution in [0.5, 0.6) is 0 Å². The molecule has 150 valence electrons. The average Bonchev–Trinajstić information content (AvgIpc) is 2.99. The van der Waals surface area contributed by atoms with Gasteiger partial charge in [0.25, 0.3) is 0 Å². The van der Waals surface area contributed by atoms with E-state index in [-0.39, 0.29) is 18.0 Å². The first-order chi connectivity index (χ1) is 12.8. The van der Waals surface area contributed by atoms with Crippen LogP contribution in [-0.2, 0) is 28.4 Å². The number of rotatable bonds is 5. The minimum atomic E-state index is -3.28. The Morgan fingerprint density at radius 2 is 2.07 bits per heavy atom. The number of hydrogen-bond donors (Lipinski definition) is 1. The Morgan fingerprint density at radius 1 is 1.30 bits per heavy atom. The molecule has 0 aromatic carbocycles. The molecule has 0 aliphatic carbocycles. The maximum atomic E-state index is 12.7. The number of imidazole rings is 1. The van der Waals surface area contributed by atoms with Gasteiger partial charge in [0, 0.05) is 57.9 Å². The SMILES string of the molecule is Cn1cncc1CN1C[C@H]2C[C@@H](C1)[C@H](CNS(C)(=O)=O)N1C(=O)CCC[C@@H]21. The molecule has 3 aliphatic heterocycles. The van der Waals surface area contributed by atoms with Crippen LogP contribution < -0.4 is 4.72 Å². The minimum absolute atomic E-state index is 0.0527. The molecule has 0 radical (unpaired) electrons. The van der Waals surface area contributed by atoms with Gasteiger partial charge in [0.05, 0.1) is 18.3 Å². The summed E-state index contributed by atoms with van der Waals surface area (Å²) < 4.78 is 28.0. The summed E-state index contributed by atoms with van der Waals surface area (Å²) in [5.74, 6) is 0.960. The summed E-state index contributed by atoms with van der Waals surface area (Å²) in [5, 5.41) is 0. The second-order valence-corrected chi connectivity index (χ2v) is 10.2. The highest BCUT2D eigenvalue weighted by atomic mass is 32.2. The van der Waals surface area contributed by atoms with E-state index in [4.69, 9.17) is 0 Å². The second kappa shape index (κ2) is 7.18. The van der Waals surface area contributed by atoms with Gasteiger partial charge < -0.3 is 9.47 Å². The van der Waals surface area contributed by atoms with Crippen molar-refractivity contribution in [2.24, 2.45) is 18.9 Å². The van der Waals surface area contributed by atoms with E-state index >= 15 is 0 Å². The van der Waals surface area contributed by atoms with E-state index < -0.39 is 10.0 Å². The Hall–Kier alpha value is -1.45. The van der Waals surface area contributed by atoms with E-state index in [0.717, 1.165) is 38.9 Å². The largest absolute Gasteiger partial charge is 0.337 e. The van der Waals surface area contributed by atoms with E-state index in [9.17, 15) is 13.2 Å². The zero-order valence-corrected chi connectivity index (χ0v) is 16.9. The number of amides is 1. The third kappa shape index (κ3) is 3.90. The van der Waals surface area contributed by atoms with Gasteiger partial charge in [0.15, 0.2) is 0 Å². The smallest absolute Gasteiger partial charge is 0.223 e. The summed E-state index contributed by atoms with van der Waals surface area (Å²) in [6.45, 7) is 3.03. The summed E-state index contributed by atoms with van der Waals surface area (Å²) in [6.07, 6.45) is 8.54. The lowest BCUT2D eigenvalue weighted by atomic mass is 9.72. The normalized spacial score (nSPS) is 31.8. The van der Waals surface area contributed by atoms with Gasteiger partial charge in [0.1, 0.15) is 0 Å². The summed E-state index contributed by atoms with van der Waals surface area (Å²) in [7, 11) is -1.27. The highest BCUT2D eigenvalue weighted by Crippen LogP contribution is 2.41. The van der Waals surface area contributed by atoms with Crippen molar-refractivity contribution in [1.29, 1.82) is 0 Å². The van der Waals surface area contributed by atoms with Gasteiger partial charge in [-0.2, -0.15) is 0 Å². The summed E-state index contributed by atoms with van der Waals surface area (Å²) in [4.78, 5) is 21.4. The number of sulfonamides is 1. The molecule has 3 aliphatic rings. The lowest BCUT2D eigenvalue weighted by molar-refractivity contribution is -0.152. The Morgan fingerprint density at radius 3 is 2.78 bits per heavy atom. The number of piperidine rings is 3. The first-order valence-electron chi connectivity index (χ1n) is 9.75. The molecule has 3 fully saturated rings. The van der Waals surface area contributed by atoms with Crippen molar-refractivity contribution in [3.63, 3.8) is 0 Å². The van der Waals surface area contributed by atoms with Gasteiger partial charge in [-0.3, -0.25) is 9.69 Å². The van der Waals surface area contributed by atoms with Gasteiger partial charge in [-0.05, 0) is 31.1 Å². The molecule has 1 N–H and O–H groups in total. The molecule has 4 rings (SSSR count). The van der Waals surface area contributed by atoms with Gasteiger partial charge in [-0.1, -0.05) is 0 Å². The highest BCUT2D eigenvalue weighted by molar-refractivity contribution is 7.88. The Bertz CT molecular complexity index is 808. The van der Waals surface area contributed by atoms with Crippen LogP contribution in [0.3, 0.4) is 0 Å². The van der Waals surface area contributed by atoms with Crippen molar-refractivity contribution < 1.29 is 13.2 Å². The molecule has 4 atom stereocenters. The van der Waals surface area contributed by atoms with E-state index in [1.165, 1.54) is 11.9 Å². The molecular weight excluding hydrogens is 366 g/mol. The van der Waals surface area contributed by atoms with Crippen molar-refractivity contribution in [3.8, 4) is 0 Å². The van der Waals surface area contributed by atoms with Gasteiger partial charge in [-0.15, -0.1) is 0 Å². The van der Waals surface area contributed by atoms with Crippen LogP contribution in [0.15, 0.2) is 12.5 Å². The monoisotopic (exact) mass is 395 g/mol. The number of nitrogens with zero attached hydrogens (tertiary/aromatic N) is 4. The number of aryl methyl sites for hydroxylation is 1. The highest BCUT2D eigenvalue weighted by Gasteiger charge is 2.49. The molecule has 4 heterocycles. The molecule has 9 heteroatoms. The molecule has 0 unspecified atom stereocenters. The van der Waals surface area contributed by atoms with Crippen LogP contribution in [-0.4, -0.2) is 71.6 Å². The number of aromatic nitrogens is 2. The lowest BCUT2D eigenvalue weighted by Gasteiger charge is -2.56. The molecule has 1 amide bonds. The zero-order valence-electron chi connectivity index (χ0n) is 16.0. The predicted molar refractivity (Wildman–Crippen MR) is 101 cm³/mol. The molecule has 0 spiro atoms. The fourth-order valence-corrected chi connectivity index (χ4v) is 5.74. The number of carbonyl (C=O) groups excluding carboxylic acids is 1. The van der Waals surface area contributed by atoms with E-state index in [1.807, 2.05) is 29.0 Å². The molecular formula is C18H29N5O3S. The maximum absolute atomic E-state index is 12.7. The molecule has 2 bridgehead atoms. The number of carbonyl (C=O) groups is 1. The molecule has 8 nitrogen and oxygen atoms in total. The van der Waals surface area contributed by atoms with E-state index in [0.29, 0.717) is 24.8 Å². The Kier molecular flexibility index (Phi) is 5.02. The summed E-state index contributed by atoms with van der Waals surface area (Å²) in [6, 6.07) is 0.186. The fourth-order valence-electron chi connectivity index (χ4n) is 5.27. The third-order valence-electron chi connectivity index (χ3n) is 6.43. The minimum Gasteiger partial charge on any atom is -0.337 e. The van der Waals surface area contributed by atoms with Gasteiger partial charge in [-0.25, -0.2) is 18.1 Å². The van der Waals surface area contributed by atoms with Crippen LogP contribution >= 0.6 is 0 Å². The summed E-state index contributed by atoms with van der Waals surface area (Å²) in [5.41, 5.74) is 1.18. The molecule has 1 aromatic heterocycles. The molecule has 3 saturated heterocycles. The van der Waals surface area contributed by atoms with Crippen molar-refractivity contribution in [2.45, 2.75) is 44.3 Å². The standard InChI is InChI=1S/C18H29N5O3S/c1-21-12-19-7-15(21)11-22-9-13-6-14(10-22)17(8-20-27(2,25)26)23-16(13)4-3-5-18(23)24/h7,12-14,16-17,20H,3-6,8-11H2,1-2H3/t13-,14+,16+,17+/m1/s1. The fraction of sp³-hybridized carbons (Fsp3) is 0.778. The van der Waals surface area contributed by atoms with Crippen molar-refractivity contribution in [1.82, 2.24) is 24.1 Å². The number of hydrogen-bond acceptors (Lipinski definition) is 5. The average molecular weight is 396 g/mol. The maximum Gasteiger partial charge on any atom is 0.223 e. The number of likely N-dealkylation sites (tertiary alicyclic amines) is 1. The number of fused-ring (bicyclic) bond motifs is 4. The third-order valence-corrected chi connectivity index (χ3v) is 7.12. The van der Waals surface area contributed by atoms with Crippen LogP contribution in [0, 0.1) is 11.8 Å². The van der Waals surface area contributed by atoms with Crippen LogP contribution in [0.1, 0.15) is 31.4 Å². The Balaban J connectivity index is 1.56. The van der Waals surface area contributed by atoms with Crippen LogP contribution in [0.4, 0.5) is 0 Å². The number of nitrogens with one attached hydrogen (secondary N) is 1. The first-order valence-corrected chi connectivity index (χ1v) is 11.6. The van der Waals surface area contributed by atoms with Gasteiger partial charge in [0.2, 0.25) is 15.9 Å². The summed E-state index contributed by atoms with van der Waals surface area (Å²) >= 11 is 0.